The Morgan fingerprint density at radius 1 is 0.656 bits per heavy atom. The summed E-state index contributed by atoms with van der Waals surface area (Å²) in [5.74, 6) is -5.30. The van der Waals surface area contributed by atoms with Gasteiger partial charge in [-0.15, -0.1) is 0 Å². The molecule has 0 saturated carbocycles. The first kappa shape index (κ1) is 22.2. The highest BCUT2D eigenvalue weighted by Gasteiger charge is 2.17. The summed E-state index contributed by atoms with van der Waals surface area (Å²) in [6.07, 6.45) is 8.42. The monoisotopic (exact) mass is 434 g/mol. The number of carboxylic acids is 4. The molecule has 8 nitrogen and oxygen atoms in total. The number of allylic oxidation sites excluding steroid dienone is 4. The summed E-state index contributed by atoms with van der Waals surface area (Å²) in [6, 6.07) is 8.18. The molecule has 0 heterocycles. The lowest BCUT2D eigenvalue weighted by Crippen LogP contribution is -2.08. The van der Waals surface area contributed by atoms with Crippen LogP contribution in [0.2, 0.25) is 0 Å². The molecule has 0 amide bonds. The maximum atomic E-state index is 11.4. The van der Waals surface area contributed by atoms with Gasteiger partial charge in [-0.2, -0.15) is 0 Å². The van der Waals surface area contributed by atoms with Gasteiger partial charge in [-0.1, -0.05) is 42.0 Å². The third kappa shape index (κ3) is 4.99. The molecule has 0 bridgehead atoms. The van der Waals surface area contributed by atoms with Crippen molar-refractivity contribution in [3.8, 4) is 0 Å². The smallest absolute Gasteiger partial charge is 0.336 e. The Hall–Kier alpha value is -4.46. The van der Waals surface area contributed by atoms with E-state index in [0.717, 1.165) is 11.1 Å². The Morgan fingerprint density at radius 3 is 1.59 bits per heavy atom. The van der Waals surface area contributed by atoms with E-state index in [4.69, 9.17) is 10.2 Å². The van der Waals surface area contributed by atoms with E-state index in [-0.39, 0.29) is 22.3 Å². The lowest BCUT2D eigenvalue weighted by Gasteiger charge is -2.13. The average molecular weight is 434 g/mol. The Bertz CT molecular complexity index is 1230. The molecule has 3 rings (SSSR count). The van der Waals surface area contributed by atoms with Gasteiger partial charge in [0.15, 0.2) is 0 Å². The van der Waals surface area contributed by atoms with Crippen molar-refractivity contribution in [2.75, 3.05) is 0 Å². The van der Waals surface area contributed by atoms with Gasteiger partial charge in [0.2, 0.25) is 0 Å². The molecule has 162 valence electrons. The van der Waals surface area contributed by atoms with Crippen LogP contribution in [0, 0.1) is 0 Å². The van der Waals surface area contributed by atoms with Gasteiger partial charge in [0, 0.05) is 0 Å². The van der Waals surface area contributed by atoms with Crippen LogP contribution in [0.1, 0.15) is 65.4 Å². The summed E-state index contributed by atoms with van der Waals surface area (Å²) in [6.45, 7) is 0. The van der Waals surface area contributed by atoms with Gasteiger partial charge in [-0.25, -0.2) is 19.2 Å². The van der Waals surface area contributed by atoms with E-state index >= 15 is 0 Å². The topological polar surface area (TPSA) is 149 Å². The van der Waals surface area contributed by atoms with Crippen LogP contribution >= 0.6 is 0 Å². The maximum absolute atomic E-state index is 11.4. The predicted molar refractivity (Wildman–Crippen MR) is 115 cm³/mol. The first-order valence-corrected chi connectivity index (χ1v) is 9.43. The standard InChI is InChI=1S/C24H18O8/c25-21(26)17-6-4-15(11-19(17)23(29)30)9-13-2-1-3-14(8-13)10-16-5-7-18(22(27)28)20(12-16)24(31)32/h1-2,4-7,9-12H,3,8H2,(H,25,26)(H,27,28)(H,29,30)(H,31,32). The van der Waals surface area contributed by atoms with Crippen LogP contribution in [-0.2, 0) is 0 Å². The zero-order valence-electron chi connectivity index (χ0n) is 16.6. The number of hydrogen-bond donors (Lipinski definition) is 4. The van der Waals surface area contributed by atoms with E-state index in [1.54, 1.807) is 12.2 Å². The molecule has 1 aliphatic rings. The maximum Gasteiger partial charge on any atom is 0.336 e. The van der Waals surface area contributed by atoms with Gasteiger partial charge in [-0.3, -0.25) is 0 Å². The van der Waals surface area contributed by atoms with Crippen molar-refractivity contribution >= 4 is 36.0 Å². The van der Waals surface area contributed by atoms with Crippen LogP contribution in [0.3, 0.4) is 0 Å². The molecule has 0 atom stereocenters. The molecular weight excluding hydrogens is 416 g/mol. The molecule has 0 aliphatic heterocycles. The summed E-state index contributed by atoms with van der Waals surface area (Å²) in [5, 5.41) is 36.8. The van der Waals surface area contributed by atoms with Crippen molar-refractivity contribution in [2.45, 2.75) is 12.8 Å². The highest BCUT2D eigenvalue weighted by atomic mass is 16.4. The number of carbonyl (C=O) groups is 4. The van der Waals surface area contributed by atoms with Crippen molar-refractivity contribution in [1.82, 2.24) is 0 Å². The summed E-state index contributed by atoms with van der Waals surface area (Å²) in [5.41, 5.74) is 1.70. The third-order valence-corrected chi connectivity index (χ3v) is 4.87. The van der Waals surface area contributed by atoms with Crippen molar-refractivity contribution in [3.05, 3.63) is 93.1 Å². The van der Waals surface area contributed by atoms with Crippen LogP contribution in [0.15, 0.2) is 59.7 Å². The molecule has 2 aromatic carbocycles. The van der Waals surface area contributed by atoms with Gasteiger partial charge in [0.25, 0.3) is 0 Å². The van der Waals surface area contributed by atoms with Gasteiger partial charge < -0.3 is 20.4 Å². The van der Waals surface area contributed by atoms with Gasteiger partial charge >= 0.3 is 23.9 Å². The van der Waals surface area contributed by atoms with E-state index in [1.165, 1.54) is 36.4 Å². The summed E-state index contributed by atoms with van der Waals surface area (Å²) >= 11 is 0. The Labute approximate surface area is 182 Å². The fourth-order valence-electron chi connectivity index (χ4n) is 3.44. The van der Waals surface area contributed by atoms with E-state index in [2.05, 4.69) is 0 Å². The lowest BCUT2D eigenvalue weighted by molar-refractivity contribution is 0.0651. The molecule has 0 unspecified atom stereocenters. The second-order valence-corrected chi connectivity index (χ2v) is 7.14. The van der Waals surface area contributed by atoms with E-state index in [9.17, 15) is 29.4 Å². The average Bonchev–Trinajstić information content (AvgIpc) is 2.73. The first-order valence-electron chi connectivity index (χ1n) is 9.43. The fraction of sp³-hybridized carbons (Fsp3) is 0.0833. The van der Waals surface area contributed by atoms with Crippen LogP contribution in [-0.4, -0.2) is 44.3 Å². The fourth-order valence-corrected chi connectivity index (χ4v) is 3.44. The summed E-state index contributed by atoms with van der Waals surface area (Å²) in [7, 11) is 0. The zero-order valence-corrected chi connectivity index (χ0v) is 16.6. The number of hydrogen-bond acceptors (Lipinski definition) is 4. The second-order valence-electron chi connectivity index (χ2n) is 7.14. The molecular formula is C24H18O8. The Morgan fingerprint density at radius 2 is 1.12 bits per heavy atom. The van der Waals surface area contributed by atoms with Crippen LogP contribution in [0.4, 0.5) is 0 Å². The number of rotatable bonds is 6. The minimum absolute atomic E-state index is 0.289. The van der Waals surface area contributed by atoms with Gasteiger partial charge in [0.1, 0.15) is 0 Å². The molecule has 0 spiro atoms. The Kier molecular flexibility index (Phi) is 6.34. The Balaban J connectivity index is 1.90. The second kappa shape index (κ2) is 9.13. The third-order valence-electron chi connectivity index (χ3n) is 4.87. The summed E-state index contributed by atoms with van der Waals surface area (Å²) < 4.78 is 0. The van der Waals surface area contributed by atoms with Crippen LogP contribution < -0.4 is 0 Å². The molecule has 8 heteroatoms. The van der Waals surface area contributed by atoms with Crippen LogP contribution in [0.25, 0.3) is 12.2 Å². The van der Waals surface area contributed by atoms with E-state index in [0.29, 0.717) is 24.0 Å². The van der Waals surface area contributed by atoms with Crippen LogP contribution in [0.5, 0.6) is 0 Å². The largest absolute Gasteiger partial charge is 0.478 e. The van der Waals surface area contributed by atoms with Crippen molar-refractivity contribution in [3.63, 3.8) is 0 Å². The van der Waals surface area contributed by atoms with E-state index < -0.39 is 23.9 Å². The highest BCUT2D eigenvalue weighted by Crippen LogP contribution is 2.27. The van der Waals surface area contributed by atoms with Gasteiger partial charge in [-0.05, 0) is 53.8 Å². The SMILES string of the molecule is O=C(O)c1ccc(C=C2C=CCC(=Cc3ccc(C(=O)O)c(C(=O)O)c3)C2)cc1C(=O)O. The summed E-state index contributed by atoms with van der Waals surface area (Å²) in [4.78, 5) is 45.2. The van der Waals surface area contributed by atoms with Crippen molar-refractivity contribution < 1.29 is 39.6 Å². The van der Waals surface area contributed by atoms with Crippen molar-refractivity contribution in [1.29, 1.82) is 0 Å². The van der Waals surface area contributed by atoms with Gasteiger partial charge in [0.05, 0.1) is 22.3 Å². The normalized spacial score (nSPS) is 15.6. The van der Waals surface area contributed by atoms with Crippen molar-refractivity contribution in [2.24, 2.45) is 0 Å². The zero-order chi connectivity index (χ0) is 23.4. The first-order chi connectivity index (χ1) is 15.2. The number of benzene rings is 2. The molecule has 2 aromatic rings. The molecule has 0 radical (unpaired) electrons. The highest BCUT2D eigenvalue weighted by molar-refractivity contribution is 6.03. The molecule has 32 heavy (non-hydrogen) atoms. The molecule has 1 aliphatic carbocycles. The molecule has 4 N–H and O–H groups in total. The lowest BCUT2D eigenvalue weighted by atomic mass is 9.92. The minimum atomic E-state index is -1.33. The predicted octanol–water partition coefficient (Wildman–Crippen LogP) is 4.30. The minimum Gasteiger partial charge on any atom is -0.478 e. The molecule has 0 saturated heterocycles. The molecule has 0 aromatic heterocycles. The molecule has 0 fully saturated rings. The number of aromatic carboxylic acids is 4. The quantitative estimate of drug-likeness (QED) is 0.526. The number of carboxylic acid groups (broad SMARTS) is 4. The van der Waals surface area contributed by atoms with E-state index in [1.807, 2.05) is 12.2 Å².